The van der Waals surface area contributed by atoms with E-state index in [0.717, 1.165) is 27.7 Å². The summed E-state index contributed by atoms with van der Waals surface area (Å²) in [4.78, 5) is 20.1. The van der Waals surface area contributed by atoms with E-state index in [2.05, 4.69) is 27.1 Å². The number of hydrogen-bond donors (Lipinski definition) is 3. The normalized spacial score (nSPS) is 11.5. The highest BCUT2D eigenvalue weighted by molar-refractivity contribution is 6.08. The van der Waals surface area contributed by atoms with Crippen LogP contribution in [0, 0.1) is 11.8 Å². The van der Waals surface area contributed by atoms with Crippen LogP contribution in [-0.4, -0.2) is 15.9 Å². The Morgan fingerprint density at radius 1 is 1.10 bits per heavy atom. The summed E-state index contributed by atoms with van der Waals surface area (Å²) in [5.41, 5.74) is 10.6. The van der Waals surface area contributed by atoms with Crippen LogP contribution in [-0.2, 0) is 0 Å². The van der Waals surface area contributed by atoms with Crippen molar-refractivity contribution in [3.8, 4) is 11.8 Å². The molecule has 0 saturated carbocycles. The molecular weight excluding hydrogens is 360 g/mol. The highest BCUT2D eigenvalue weighted by atomic mass is 16.1. The van der Waals surface area contributed by atoms with Gasteiger partial charge in [-0.25, -0.2) is 4.98 Å². The molecule has 0 fully saturated rings. The van der Waals surface area contributed by atoms with Crippen LogP contribution in [0.3, 0.4) is 0 Å². The van der Waals surface area contributed by atoms with Crippen molar-refractivity contribution in [1.82, 2.24) is 9.97 Å². The van der Waals surface area contributed by atoms with E-state index in [-0.39, 0.29) is 11.9 Å². The van der Waals surface area contributed by atoms with Gasteiger partial charge in [0.05, 0.1) is 5.69 Å². The molecule has 1 unspecified atom stereocenters. The van der Waals surface area contributed by atoms with E-state index in [1.807, 2.05) is 49.4 Å². The number of amides is 1. The average Bonchev–Trinajstić information content (AvgIpc) is 3.22. The number of pyridine rings is 1. The fraction of sp³-hybridized carbons (Fsp3) is 0.0833. The number of nitrogens with two attached hydrogens (primary N) is 1. The lowest BCUT2D eigenvalue weighted by atomic mass is 9.98. The Balaban J connectivity index is 1.66. The lowest BCUT2D eigenvalue weighted by Gasteiger charge is -2.11. The Morgan fingerprint density at radius 2 is 1.93 bits per heavy atom. The highest BCUT2D eigenvalue weighted by Gasteiger charge is 2.13. The maximum Gasteiger partial charge on any atom is 0.255 e. The van der Waals surface area contributed by atoms with Crippen molar-refractivity contribution in [1.29, 1.82) is 0 Å². The van der Waals surface area contributed by atoms with Crippen LogP contribution < -0.4 is 11.1 Å². The number of carbonyl (C=O) groups is 1. The summed E-state index contributed by atoms with van der Waals surface area (Å²) in [7, 11) is 0. The molecule has 0 aliphatic carbocycles. The molecule has 0 aliphatic rings. The minimum Gasteiger partial charge on any atom is -0.346 e. The molecule has 2 aromatic heterocycles. The van der Waals surface area contributed by atoms with Crippen LogP contribution in [0.5, 0.6) is 0 Å². The van der Waals surface area contributed by atoms with E-state index >= 15 is 0 Å². The van der Waals surface area contributed by atoms with Crippen molar-refractivity contribution in [2.75, 3.05) is 5.32 Å². The fourth-order valence-corrected chi connectivity index (χ4v) is 3.13. The number of nitrogens with one attached hydrogen (secondary N) is 2. The predicted octanol–water partition coefficient (Wildman–Crippen LogP) is 4.23. The molecule has 2 aromatic carbocycles. The highest BCUT2D eigenvalue weighted by Crippen LogP contribution is 2.22. The maximum atomic E-state index is 12.9. The molecule has 1 amide bonds. The third-order valence-corrected chi connectivity index (χ3v) is 4.63. The van der Waals surface area contributed by atoms with Gasteiger partial charge in [0.15, 0.2) is 0 Å². The van der Waals surface area contributed by atoms with Crippen molar-refractivity contribution >= 4 is 22.6 Å². The van der Waals surface area contributed by atoms with Gasteiger partial charge in [0.2, 0.25) is 0 Å². The number of rotatable bonds is 3. The summed E-state index contributed by atoms with van der Waals surface area (Å²) in [5.74, 6) is 6.10. The van der Waals surface area contributed by atoms with E-state index in [9.17, 15) is 4.79 Å². The van der Waals surface area contributed by atoms with Gasteiger partial charge in [-0.2, -0.15) is 0 Å². The van der Waals surface area contributed by atoms with Gasteiger partial charge in [-0.3, -0.25) is 4.79 Å². The molecule has 5 nitrogen and oxygen atoms in total. The first-order chi connectivity index (χ1) is 14.1. The average molecular weight is 380 g/mol. The topological polar surface area (TPSA) is 83.8 Å². The van der Waals surface area contributed by atoms with Gasteiger partial charge in [0.1, 0.15) is 5.65 Å². The minimum absolute atomic E-state index is 0.188. The van der Waals surface area contributed by atoms with Crippen molar-refractivity contribution in [2.45, 2.75) is 13.0 Å². The zero-order valence-corrected chi connectivity index (χ0v) is 15.9. The smallest absolute Gasteiger partial charge is 0.255 e. The molecule has 2 heterocycles. The van der Waals surface area contributed by atoms with E-state index in [0.29, 0.717) is 11.3 Å². The Labute approximate surface area is 169 Å². The molecule has 0 radical (unpaired) electrons. The molecule has 5 heteroatoms. The molecule has 0 saturated heterocycles. The number of hydrogen-bond acceptors (Lipinski definition) is 3. The second kappa shape index (κ2) is 8.01. The summed E-state index contributed by atoms with van der Waals surface area (Å²) in [6.45, 7) is 1.91. The minimum atomic E-state index is -0.210. The van der Waals surface area contributed by atoms with Gasteiger partial charge in [-0.05, 0) is 48.9 Å². The van der Waals surface area contributed by atoms with Gasteiger partial charge in [0.25, 0.3) is 5.91 Å². The predicted molar refractivity (Wildman–Crippen MR) is 116 cm³/mol. The lowest BCUT2D eigenvalue weighted by Crippen LogP contribution is -2.14. The number of fused-ring (bicyclic) bond motifs is 1. The first-order valence-corrected chi connectivity index (χ1v) is 9.32. The standard InChI is InChI=1S/C24H20N4O/c1-16(25)20-10-9-19(15-18(20)8-7-17-5-3-2-4-6-17)24(29)28-22-12-14-27-23-21(22)11-13-26-23/h2-6,9-16H,25H2,1H3,(H2,26,27,28,29). The van der Waals surface area contributed by atoms with Crippen LogP contribution in [0.2, 0.25) is 0 Å². The first-order valence-electron chi connectivity index (χ1n) is 9.32. The van der Waals surface area contributed by atoms with Gasteiger partial charge >= 0.3 is 0 Å². The number of aromatic nitrogens is 2. The van der Waals surface area contributed by atoms with Crippen LogP contribution >= 0.6 is 0 Å². The third-order valence-electron chi connectivity index (χ3n) is 4.63. The van der Waals surface area contributed by atoms with Gasteiger partial charge in [0, 0.05) is 40.5 Å². The van der Waals surface area contributed by atoms with Crippen molar-refractivity contribution < 1.29 is 4.79 Å². The molecule has 1 atom stereocenters. The van der Waals surface area contributed by atoms with Crippen molar-refractivity contribution in [3.63, 3.8) is 0 Å². The largest absolute Gasteiger partial charge is 0.346 e. The van der Waals surface area contributed by atoms with Crippen LogP contribution in [0.1, 0.15) is 40.0 Å². The Bertz CT molecular complexity index is 1230. The molecule has 4 rings (SSSR count). The van der Waals surface area contributed by atoms with E-state index < -0.39 is 0 Å². The second-order valence-electron chi connectivity index (χ2n) is 6.76. The molecule has 4 N–H and O–H groups in total. The number of H-pyrrole nitrogens is 1. The van der Waals surface area contributed by atoms with Crippen molar-refractivity contribution in [3.05, 3.63) is 95.3 Å². The number of aromatic amines is 1. The fourth-order valence-electron chi connectivity index (χ4n) is 3.13. The number of carbonyl (C=O) groups excluding carboxylic acids is 1. The SMILES string of the molecule is CC(N)c1ccc(C(=O)Nc2ccnc3[nH]ccc23)cc1C#Cc1ccccc1. The third kappa shape index (κ3) is 4.03. The summed E-state index contributed by atoms with van der Waals surface area (Å²) in [6, 6.07) is 18.6. The quantitative estimate of drug-likeness (QED) is 0.465. The molecule has 4 aromatic rings. The Hall–Kier alpha value is -3.88. The molecule has 0 aliphatic heterocycles. The molecule has 0 bridgehead atoms. The van der Waals surface area contributed by atoms with Gasteiger partial charge in [-0.1, -0.05) is 36.1 Å². The van der Waals surface area contributed by atoms with E-state index in [4.69, 9.17) is 5.73 Å². The van der Waals surface area contributed by atoms with Crippen LogP contribution in [0.4, 0.5) is 5.69 Å². The van der Waals surface area contributed by atoms with Gasteiger partial charge in [-0.15, -0.1) is 0 Å². The summed E-state index contributed by atoms with van der Waals surface area (Å²) < 4.78 is 0. The summed E-state index contributed by atoms with van der Waals surface area (Å²) in [6.07, 6.45) is 3.45. The van der Waals surface area contributed by atoms with Crippen LogP contribution in [0.15, 0.2) is 73.1 Å². The zero-order chi connectivity index (χ0) is 20.2. The Morgan fingerprint density at radius 3 is 2.72 bits per heavy atom. The Kier molecular flexibility index (Phi) is 5.10. The number of benzene rings is 2. The lowest BCUT2D eigenvalue weighted by molar-refractivity contribution is 0.102. The molecule has 29 heavy (non-hydrogen) atoms. The molecule has 142 valence electrons. The monoisotopic (exact) mass is 380 g/mol. The maximum absolute atomic E-state index is 12.9. The molecular formula is C24H20N4O. The summed E-state index contributed by atoms with van der Waals surface area (Å²) >= 11 is 0. The molecule has 0 spiro atoms. The van der Waals surface area contributed by atoms with Crippen LogP contribution in [0.25, 0.3) is 11.0 Å². The number of nitrogens with zero attached hydrogens (tertiary/aromatic N) is 1. The summed E-state index contributed by atoms with van der Waals surface area (Å²) in [5, 5.41) is 3.82. The second-order valence-corrected chi connectivity index (χ2v) is 6.76. The number of anilines is 1. The van der Waals surface area contributed by atoms with Gasteiger partial charge < -0.3 is 16.0 Å². The van der Waals surface area contributed by atoms with E-state index in [1.165, 1.54) is 0 Å². The first kappa shape index (κ1) is 18.5. The zero-order valence-electron chi connectivity index (χ0n) is 15.9. The van der Waals surface area contributed by atoms with Crippen molar-refractivity contribution in [2.24, 2.45) is 5.73 Å². The van der Waals surface area contributed by atoms with E-state index in [1.54, 1.807) is 30.6 Å².